The van der Waals surface area contributed by atoms with Crippen molar-refractivity contribution in [2.45, 2.75) is 37.1 Å². The average molecular weight is 241 g/mol. The quantitative estimate of drug-likeness (QED) is 0.636. The van der Waals surface area contributed by atoms with Crippen LogP contribution in [-0.4, -0.2) is 39.4 Å². The maximum absolute atomic E-state index is 12.3. The second-order valence-electron chi connectivity index (χ2n) is 3.95. The van der Waals surface area contributed by atoms with Crippen molar-refractivity contribution in [3.05, 3.63) is 0 Å². The van der Waals surface area contributed by atoms with Gasteiger partial charge in [-0.25, -0.2) is 4.79 Å². The number of rotatable bonds is 2. The maximum Gasteiger partial charge on any atom is 0.417 e. The number of hydrogen-bond donors (Lipinski definition) is 3. The van der Waals surface area contributed by atoms with Crippen molar-refractivity contribution < 1.29 is 33.0 Å². The van der Waals surface area contributed by atoms with Crippen LogP contribution in [-0.2, 0) is 9.59 Å². The molecule has 1 rings (SSSR count). The minimum absolute atomic E-state index is 0.758. The Kier molecular flexibility index (Phi) is 2.66. The van der Waals surface area contributed by atoms with E-state index in [9.17, 15) is 22.8 Å². The van der Waals surface area contributed by atoms with Gasteiger partial charge in [-0.1, -0.05) is 0 Å². The molecule has 1 aliphatic rings. The summed E-state index contributed by atoms with van der Waals surface area (Å²) in [4.78, 5) is 21.4. The molecule has 0 bridgehead atoms. The van der Waals surface area contributed by atoms with E-state index >= 15 is 0 Å². The molecule has 0 aromatic rings. The lowest BCUT2D eigenvalue weighted by Crippen LogP contribution is -2.73. The lowest BCUT2D eigenvalue weighted by atomic mass is 9.64. The van der Waals surface area contributed by atoms with Crippen LogP contribution >= 0.6 is 0 Å². The summed E-state index contributed by atoms with van der Waals surface area (Å²) in [5.41, 5.74) is -5.05. The first-order chi connectivity index (χ1) is 7.02. The highest BCUT2D eigenvalue weighted by atomic mass is 19.4. The number of hydrogen-bond acceptors (Lipinski definition) is 3. The monoisotopic (exact) mass is 241 g/mol. The van der Waals surface area contributed by atoms with Gasteiger partial charge in [-0.05, 0) is 0 Å². The fourth-order valence-corrected chi connectivity index (χ4v) is 1.78. The maximum atomic E-state index is 12.3. The Morgan fingerprint density at radius 2 is 1.75 bits per heavy atom. The van der Waals surface area contributed by atoms with Crippen LogP contribution in [0.4, 0.5) is 13.2 Å². The summed E-state index contributed by atoms with van der Waals surface area (Å²) < 4.78 is 36.8. The van der Waals surface area contributed by atoms with Crippen molar-refractivity contribution in [1.29, 1.82) is 0 Å². The fraction of sp³-hybridized carbons (Fsp3) is 0.750. The number of halogens is 3. The highest BCUT2D eigenvalue weighted by Crippen LogP contribution is 2.50. The summed E-state index contributed by atoms with van der Waals surface area (Å²) in [7, 11) is 0. The summed E-state index contributed by atoms with van der Waals surface area (Å²) in [5, 5.41) is 19.8. The van der Waals surface area contributed by atoms with Crippen molar-refractivity contribution in [3.63, 3.8) is 0 Å². The minimum Gasteiger partial charge on any atom is -0.480 e. The molecular weight excluding hydrogens is 231 g/mol. The summed E-state index contributed by atoms with van der Waals surface area (Å²) >= 11 is 0. The van der Waals surface area contributed by atoms with Gasteiger partial charge in [-0.15, -0.1) is 0 Å². The van der Waals surface area contributed by atoms with Crippen LogP contribution in [0.15, 0.2) is 0 Å². The van der Waals surface area contributed by atoms with Crippen LogP contribution in [0.3, 0.4) is 0 Å². The molecule has 8 heteroatoms. The van der Waals surface area contributed by atoms with Crippen LogP contribution in [0.5, 0.6) is 0 Å². The number of carbonyl (C=O) groups is 2. The lowest BCUT2D eigenvalue weighted by molar-refractivity contribution is -0.303. The molecule has 0 aromatic carbocycles. The number of aliphatic carboxylic acids is 1. The van der Waals surface area contributed by atoms with Crippen molar-refractivity contribution in [2.24, 2.45) is 0 Å². The standard InChI is InChI=1S/C8H10F3NO4/c1-4(13)12-6(5(14)15)2-7(16,3-6)8(9,10)11/h16H,2-3H2,1H3,(H,12,13)(H,14,15). The van der Waals surface area contributed by atoms with Crippen molar-refractivity contribution >= 4 is 11.9 Å². The second kappa shape index (κ2) is 3.34. The van der Waals surface area contributed by atoms with Crippen molar-refractivity contribution in [2.75, 3.05) is 0 Å². The van der Waals surface area contributed by atoms with Crippen LogP contribution in [0.25, 0.3) is 0 Å². The molecule has 0 radical (unpaired) electrons. The number of amides is 1. The Morgan fingerprint density at radius 3 is 2.00 bits per heavy atom. The van der Waals surface area contributed by atoms with Gasteiger partial charge >= 0.3 is 12.1 Å². The molecule has 1 fully saturated rings. The highest BCUT2D eigenvalue weighted by molar-refractivity contribution is 5.87. The molecular formula is C8H10F3NO4. The molecule has 0 heterocycles. The molecule has 0 unspecified atom stereocenters. The molecule has 5 nitrogen and oxygen atoms in total. The number of carboxylic acids is 1. The Balaban J connectivity index is 2.85. The number of carboxylic acid groups (broad SMARTS) is 1. The molecule has 0 aromatic heterocycles. The second-order valence-corrected chi connectivity index (χ2v) is 3.95. The zero-order valence-corrected chi connectivity index (χ0v) is 8.26. The molecule has 1 amide bonds. The summed E-state index contributed by atoms with van der Waals surface area (Å²) in [6.07, 6.45) is -7.04. The van der Waals surface area contributed by atoms with Crippen LogP contribution in [0, 0.1) is 0 Å². The van der Waals surface area contributed by atoms with Gasteiger partial charge in [0, 0.05) is 19.8 Å². The largest absolute Gasteiger partial charge is 0.480 e. The zero-order valence-electron chi connectivity index (χ0n) is 8.26. The summed E-state index contributed by atoms with van der Waals surface area (Å²) in [6.45, 7) is 0.996. The molecule has 0 saturated heterocycles. The van der Waals surface area contributed by atoms with Gasteiger partial charge in [-0.3, -0.25) is 4.79 Å². The SMILES string of the molecule is CC(=O)NC1(C(=O)O)CC(O)(C(F)(F)F)C1. The Hall–Kier alpha value is -1.31. The average Bonchev–Trinajstić information content (AvgIpc) is 1.96. The van der Waals surface area contributed by atoms with E-state index in [1.54, 1.807) is 0 Å². The third kappa shape index (κ3) is 1.84. The smallest absolute Gasteiger partial charge is 0.417 e. The topological polar surface area (TPSA) is 86.6 Å². The van der Waals surface area contributed by atoms with E-state index in [4.69, 9.17) is 10.2 Å². The predicted octanol–water partition coefficient (Wildman–Crippen LogP) is 0.0331. The van der Waals surface area contributed by atoms with Gasteiger partial charge in [0.2, 0.25) is 5.91 Å². The summed E-state index contributed by atoms with van der Waals surface area (Å²) in [5.74, 6) is -2.34. The van der Waals surface area contributed by atoms with E-state index in [-0.39, 0.29) is 0 Å². The van der Waals surface area contributed by atoms with Gasteiger partial charge in [0.1, 0.15) is 5.54 Å². The summed E-state index contributed by atoms with van der Waals surface area (Å²) in [6, 6.07) is 0. The number of aliphatic hydroxyl groups is 1. The molecule has 0 aliphatic heterocycles. The molecule has 0 atom stereocenters. The highest BCUT2D eigenvalue weighted by Gasteiger charge is 2.70. The van der Waals surface area contributed by atoms with E-state index in [2.05, 4.69) is 0 Å². The van der Waals surface area contributed by atoms with Crippen LogP contribution < -0.4 is 5.32 Å². The first-order valence-corrected chi connectivity index (χ1v) is 4.34. The molecule has 3 N–H and O–H groups in total. The molecule has 0 spiro atoms. The van der Waals surface area contributed by atoms with Gasteiger partial charge in [-0.2, -0.15) is 13.2 Å². The van der Waals surface area contributed by atoms with E-state index in [1.807, 2.05) is 5.32 Å². The van der Waals surface area contributed by atoms with Crippen LogP contribution in [0.2, 0.25) is 0 Å². The number of alkyl halides is 3. The van der Waals surface area contributed by atoms with Crippen molar-refractivity contribution in [3.8, 4) is 0 Å². The minimum atomic E-state index is -4.90. The molecule has 16 heavy (non-hydrogen) atoms. The van der Waals surface area contributed by atoms with E-state index in [1.165, 1.54) is 0 Å². The molecule has 1 saturated carbocycles. The Labute approximate surface area is 88.2 Å². The number of nitrogens with one attached hydrogen (secondary N) is 1. The van der Waals surface area contributed by atoms with Gasteiger partial charge in [0.25, 0.3) is 0 Å². The zero-order chi connectivity index (χ0) is 12.8. The van der Waals surface area contributed by atoms with Gasteiger partial charge in [0.15, 0.2) is 5.60 Å². The lowest BCUT2D eigenvalue weighted by Gasteiger charge is -2.50. The van der Waals surface area contributed by atoms with E-state index in [0.29, 0.717) is 0 Å². The van der Waals surface area contributed by atoms with Gasteiger partial charge < -0.3 is 15.5 Å². The third-order valence-corrected chi connectivity index (χ3v) is 2.54. The third-order valence-electron chi connectivity index (χ3n) is 2.54. The number of carbonyl (C=O) groups excluding carboxylic acids is 1. The van der Waals surface area contributed by atoms with Crippen LogP contribution in [0.1, 0.15) is 19.8 Å². The fourth-order valence-electron chi connectivity index (χ4n) is 1.78. The Morgan fingerprint density at radius 1 is 1.31 bits per heavy atom. The molecule has 1 aliphatic carbocycles. The molecule has 92 valence electrons. The first kappa shape index (κ1) is 12.8. The van der Waals surface area contributed by atoms with E-state index in [0.717, 1.165) is 6.92 Å². The van der Waals surface area contributed by atoms with Gasteiger partial charge in [0.05, 0.1) is 0 Å². The van der Waals surface area contributed by atoms with Crippen molar-refractivity contribution in [1.82, 2.24) is 5.32 Å². The Bertz CT molecular complexity index is 333. The van der Waals surface area contributed by atoms with E-state index < -0.39 is 42.0 Å². The normalized spacial score (nSPS) is 34.1. The first-order valence-electron chi connectivity index (χ1n) is 4.34. The predicted molar refractivity (Wildman–Crippen MR) is 44.4 cm³/mol.